The van der Waals surface area contributed by atoms with Gasteiger partial charge >= 0.3 is 12.0 Å². The fraction of sp³-hybridized carbons (Fsp3) is 0.214. The monoisotopic (exact) mass is 288 g/mol. The van der Waals surface area contributed by atoms with Gasteiger partial charge in [-0.25, -0.2) is 9.59 Å². The summed E-state index contributed by atoms with van der Waals surface area (Å²) in [5.74, 6) is -1.12. The largest absolute Gasteiger partial charge is 0.479 e. The SMILES string of the molecule is CC(NC(=O)N[C@@H](C(=O)O)c1ccccc1)c1cn[nH]c1. The van der Waals surface area contributed by atoms with E-state index < -0.39 is 18.0 Å². The highest BCUT2D eigenvalue weighted by Gasteiger charge is 2.22. The first-order chi connectivity index (χ1) is 10.1. The van der Waals surface area contributed by atoms with Gasteiger partial charge in [0.1, 0.15) is 0 Å². The molecule has 1 aromatic heterocycles. The maximum atomic E-state index is 11.9. The molecule has 0 saturated heterocycles. The molecule has 0 fully saturated rings. The van der Waals surface area contributed by atoms with Gasteiger partial charge in [-0.15, -0.1) is 0 Å². The van der Waals surface area contributed by atoms with Crippen LogP contribution < -0.4 is 10.6 Å². The lowest BCUT2D eigenvalue weighted by molar-refractivity contribution is -0.139. The van der Waals surface area contributed by atoms with Crippen molar-refractivity contribution in [2.24, 2.45) is 0 Å². The molecule has 110 valence electrons. The number of H-pyrrole nitrogens is 1. The van der Waals surface area contributed by atoms with Gasteiger partial charge < -0.3 is 15.7 Å². The van der Waals surface area contributed by atoms with Crippen molar-refractivity contribution in [2.75, 3.05) is 0 Å². The number of amides is 2. The fourth-order valence-corrected chi connectivity index (χ4v) is 1.88. The minimum atomic E-state index is -1.12. The van der Waals surface area contributed by atoms with Gasteiger partial charge in [0.05, 0.1) is 12.2 Å². The zero-order valence-electron chi connectivity index (χ0n) is 11.4. The van der Waals surface area contributed by atoms with Crippen LogP contribution in [0.15, 0.2) is 42.7 Å². The Morgan fingerprint density at radius 2 is 1.90 bits per heavy atom. The van der Waals surface area contributed by atoms with Gasteiger partial charge in [-0.3, -0.25) is 5.10 Å². The van der Waals surface area contributed by atoms with Crippen LogP contribution in [0.25, 0.3) is 0 Å². The third-order valence-corrected chi connectivity index (χ3v) is 3.02. The predicted octanol–water partition coefficient (Wildman–Crippen LogP) is 1.60. The van der Waals surface area contributed by atoms with Crippen LogP contribution in [-0.2, 0) is 4.79 Å². The Kier molecular flexibility index (Phi) is 4.55. The molecule has 0 bridgehead atoms. The number of rotatable bonds is 5. The summed E-state index contributed by atoms with van der Waals surface area (Å²) in [5.41, 5.74) is 1.31. The van der Waals surface area contributed by atoms with Crippen molar-refractivity contribution in [3.63, 3.8) is 0 Å². The first-order valence-electron chi connectivity index (χ1n) is 6.41. The van der Waals surface area contributed by atoms with Gasteiger partial charge in [0.2, 0.25) is 0 Å². The van der Waals surface area contributed by atoms with Crippen LogP contribution >= 0.6 is 0 Å². The van der Waals surface area contributed by atoms with Gasteiger partial charge in [0.15, 0.2) is 6.04 Å². The molecule has 0 aliphatic carbocycles. The molecule has 7 nitrogen and oxygen atoms in total. The number of aromatic nitrogens is 2. The summed E-state index contributed by atoms with van der Waals surface area (Å²) in [6, 6.07) is 6.59. The number of aromatic amines is 1. The molecule has 0 saturated carbocycles. The van der Waals surface area contributed by atoms with Crippen LogP contribution in [0.2, 0.25) is 0 Å². The molecular formula is C14H16N4O3. The Morgan fingerprint density at radius 1 is 1.19 bits per heavy atom. The smallest absolute Gasteiger partial charge is 0.330 e. The summed E-state index contributed by atoms with van der Waals surface area (Å²) < 4.78 is 0. The van der Waals surface area contributed by atoms with Crippen molar-refractivity contribution >= 4 is 12.0 Å². The molecule has 0 spiro atoms. The number of nitrogens with one attached hydrogen (secondary N) is 3. The molecule has 2 atom stereocenters. The van der Waals surface area contributed by atoms with Crippen molar-refractivity contribution in [3.05, 3.63) is 53.9 Å². The quantitative estimate of drug-likeness (QED) is 0.670. The molecule has 0 radical (unpaired) electrons. The highest BCUT2D eigenvalue weighted by molar-refractivity contribution is 5.83. The molecule has 1 heterocycles. The zero-order chi connectivity index (χ0) is 15.2. The van der Waals surface area contributed by atoms with Crippen LogP contribution in [-0.4, -0.2) is 27.3 Å². The highest BCUT2D eigenvalue weighted by atomic mass is 16.4. The number of urea groups is 1. The van der Waals surface area contributed by atoms with E-state index in [0.29, 0.717) is 5.56 Å². The zero-order valence-corrected chi connectivity index (χ0v) is 11.4. The van der Waals surface area contributed by atoms with Gasteiger partial charge in [0.25, 0.3) is 0 Å². The number of carbonyl (C=O) groups is 2. The lowest BCUT2D eigenvalue weighted by atomic mass is 10.1. The minimum absolute atomic E-state index is 0.283. The van der Waals surface area contributed by atoms with E-state index in [1.54, 1.807) is 49.6 Å². The third kappa shape index (κ3) is 3.82. The summed E-state index contributed by atoms with van der Waals surface area (Å²) >= 11 is 0. The fourth-order valence-electron chi connectivity index (χ4n) is 1.88. The Bertz CT molecular complexity index is 598. The lowest BCUT2D eigenvalue weighted by Gasteiger charge is -2.18. The van der Waals surface area contributed by atoms with E-state index in [0.717, 1.165) is 5.56 Å². The van der Waals surface area contributed by atoms with Crippen LogP contribution in [0.3, 0.4) is 0 Å². The predicted molar refractivity (Wildman–Crippen MR) is 75.5 cm³/mol. The molecular weight excluding hydrogens is 272 g/mol. The Labute approximate surface area is 121 Å². The van der Waals surface area contributed by atoms with Gasteiger partial charge in [-0.2, -0.15) is 5.10 Å². The summed E-state index contributed by atoms with van der Waals surface area (Å²) in [6.45, 7) is 1.78. The Balaban J connectivity index is 2.01. The number of carbonyl (C=O) groups excluding carboxylic acids is 1. The molecule has 21 heavy (non-hydrogen) atoms. The highest BCUT2D eigenvalue weighted by Crippen LogP contribution is 2.13. The van der Waals surface area contributed by atoms with E-state index in [1.165, 1.54) is 0 Å². The Hall–Kier alpha value is -2.83. The van der Waals surface area contributed by atoms with E-state index in [9.17, 15) is 14.7 Å². The summed E-state index contributed by atoms with van der Waals surface area (Å²) in [5, 5.41) is 20.8. The summed E-state index contributed by atoms with van der Waals surface area (Å²) in [6.07, 6.45) is 3.26. The third-order valence-electron chi connectivity index (χ3n) is 3.02. The van der Waals surface area contributed by atoms with Gasteiger partial charge in [0, 0.05) is 11.8 Å². The van der Waals surface area contributed by atoms with Crippen LogP contribution in [0.4, 0.5) is 4.79 Å². The molecule has 4 N–H and O–H groups in total. The number of benzene rings is 1. The number of hydrogen-bond acceptors (Lipinski definition) is 3. The minimum Gasteiger partial charge on any atom is -0.479 e. The Morgan fingerprint density at radius 3 is 2.48 bits per heavy atom. The van der Waals surface area contributed by atoms with Crippen LogP contribution in [0, 0.1) is 0 Å². The van der Waals surface area contributed by atoms with Gasteiger partial charge in [-0.05, 0) is 12.5 Å². The summed E-state index contributed by atoms with van der Waals surface area (Å²) in [7, 11) is 0. The van der Waals surface area contributed by atoms with E-state index in [4.69, 9.17) is 0 Å². The van der Waals surface area contributed by atoms with E-state index in [-0.39, 0.29) is 6.04 Å². The molecule has 2 amide bonds. The lowest BCUT2D eigenvalue weighted by Crippen LogP contribution is -2.41. The maximum absolute atomic E-state index is 11.9. The first-order valence-corrected chi connectivity index (χ1v) is 6.41. The van der Waals surface area contributed by atoms with Crippen LogP contribution in [0.1, 0.15) is 30.1 Å². The molecule has 7 heteroatoms. The van der Waals surface area contributed by atoms with E-state index >= 15 is 0 Å². The topological polar surface area (TPSA) is 107 Å². The van der Waals surface area contributed by atoms with Crippen molar-refractivity contribution in [1.29, 1.82) is 0 Å². The van der Waals surface area contributed by atoms with Crippen molar-refractivity contribution < 1.29 is 14.7 Å². The maximum Gasteiger partial charge on any atom is 0.330 e. The van der Waals surface area contributed by atoms with Gasteiger partial charge in [-0.1, -0.05) is 30.3 Å². The van der Waals surface area contributed by atoms with Crippen molar-refractivity contribution in [3.8, 4) is 0 Å². The number of carboxylic acid groups (broad SMARTS) is 1. The van der Waals surface area contributed by atoms with Crippen molar-refractivity contribution in [1.82, 2.24) is 20.8 Å². The molecule has 2 rings (SSSR count). The average Bonchev–Trinajstić information content (AvgIpc) is 2.99. The number of nitrogens with zero attached hydrogens (tertiary/aromatic N) is 1. The normalized spacial score (nSPS) is 13.2. The number of carboxylic acids is 1. The van der Waals surface area contributed by atoms with E-state index in [2.05, 4.69) is 20.8 Å². The summed E-state index contributed by atoms with van der Waals surface area (Å²) in [4.78, 5) is 23.2. The molecule has 1 aromatic carbocycles. The van der Waals surface area contributed by atoms with Crippen molar-refractivity contribution in [2.45, 2.75) is 19.0 Å². The number of aliphatic carboxylic acids is 1. The average molecular weight is 288 g/mol. The molecule has 1 unspecified atom stereocenters. The second kappa shape index (κ2) is 6.56. The second-order valence-corrected chi connectivity index (χ2v) is 4.55. The second-order valence-electron chi connectivity index (χ2n) is 4.55. The van der Waals surface area contributed by atoms with Crippen LogP contribution in [0.5, 0.6) is 0 Å². The molecule has 2 aromatic rings. The number of hydrogen-bond donors (Lipinski definition) is 4. The molecule has 0 aliphatic heterocycles. The first kappa shape index (κ1) is 14.6. The standard InChI is InChI=1S/C14H16N4O3/c1-9(11-7-15-16-8-11)17-14(21)18-12(13(19)20)10-5-3-2-4-6-10/h2-9,12H,1H3,(H,15,16)(H,19,20)(H2,17,18,21)/t9?,12-/m1/s1. The molecule has 0 aliphatic rings. The van der Waals surface area contributed by atoms with E-state index in [1.807, 2.05) is 0 Å².